The Labute approximate surface area is 228 Å². The van der Waals surface area contributed by atoms with Crippen molar-refractivity contribution < 1.29 is 27.4 Å². The van der Waals surface area contributed by atoms with Crippen LogP contribution < -0.4 is 14.8 Å². The third-order valence-electron chi connectivity index (χ3n) is 5.27. The number of carbonyl (C=O) groups is 1. The van der Waals surface area contributed by atoms with Gasteiger partial charge in [-0.05, 0) is 41.5 Å². The number of carbonyl (C=O) groups excluding carboxylic acids is 1. The SMILES string of the molecule is CC.CNc1cccc(C(F)(F)F)c1.O=Cc1cc(OCCc2ccccc2)cc(OCc2ccccc2)c1. The van der Waals surface area contributed by atoms with Gasteiger partial charge in [0.05, 0.1) is 12.2 Å². The van der Waals surface area contributed by atoms with Gasteiger partial charge in [0.25, 0.3) is 0 Å². The van der Waals surface area contributed by atoms with E-state index in [1.165, 1.54) is 11.6 Å². The first-order valence-corrected chi connectivity index (χ1v) is 12.7. The van der Waals surface area contributed by atoms with E-state index in [4.69, 9.17) is 9.47 Å². The molecule has 0 saturated heterocycles. The molecule has 4 aromatic rings. The second-order valence-electron chi connectivity index (χ2n) is 8.04. The summed E-state index contributed by atoms with van der Waals surface area (Å²) in [6, 6.07) is 30.4. The molecule has 0 amide bonds. The highest BCUT2D eigenvalue weighted by Gasteiger charge is 2.30. The Hall–Kier alpha value is -4.26. The zero-order valence-corrected chi connectivity index (χ0v) is 22.4. The van der Waals surface area contributed by atoms with Crippen molar-refractivity contribution in [3.8, 4) is 11.5 Å². The summed E-state index contributed by atoms with van der Waals surface area (Å²) in [4.78, 5) is 11.2. The molecule has 0 aliphatic heterocycles. The molecule has 0 heterocycles. The molecular formula is C32H34F3NO3. The Morgan fingerprint density at radius 2 is 1.33 bits per heavy atom. The van der Waals surface area contributed by atoms with Crippen LogP contribution in [0.15, 0.2) is 103 Å². The van der Waals surface area contributed by atoms with E-state index in [0.717, 1.165) is 30.4 Å². The molecule has 0 atom stereocenters. The Balaban J connectivity index is 0.000000320. The number of benzene rings is 4. The molecule has 0 aliphatic rings. The topological polar surface area (TPSA) is 47.6 Å². The van der Waals surface area contributed by atoms with Gasteiger partial charge in [-0.1, -0.05) is 80.6 Å². The summed E-state index contributed by atoms with van der Waals surface area (Å²) in [5, 5.41) is 2.64. The zero-order valence-electron chi connectivity index (χ0n) is 22.4. The van der Waals surface area contributed by atoms with Gasteiger partial charge in [-0.25, -0.2) is 0 Å². The monoisotopic (exact) mass is 537 g/mol. The highest BCUT2D eigenvalue weighted by molar-refractivity contribution is 5.76. The van der Waals surface area contributed by atoms with Crippen molar-refractivity contribution in [2.24, 2.45) is 0 Å². The molecule has 0 aliphatic carbocycles. The second-order valence-corrected chi connectivity index (χ2v) is 8.04. The predicted octanol–water partition coefficient (Wildman–Crippen LogP) is 8.47. The molecule has 0 radical (unpaired) electrons. The number of nitrogens with one attached hydrogen (secondary N) is 1. The molecule has 206 valence electrons. The van der Waals surface area contributed by atoms with Gasteiger partial charge in [-0.2, -0.15) is 13.2 Å². The van der Waals surface area contributed by atoms with Gasteiger partial charge >= 0.3 is 6.18 Å². The summed E-state index contributed by atoms with van der Waals surface area (Å²) in [6.07, 6.45) is -2.64. The van der Waals surface area contributed by atoms with Crippen LogP contribution in [0.5, 0.6) is 11.5 Å². The molecule has 0 fully saturated rings. The fourth-order valence-electron chi connectivity index (χ4n) is 3.35. The number of anilines is 1. The molecule has 7 heteroatoms. The largest absolute Gasteiger partial charge is 0.493 e. The van der Waals surface area contributed by atoms with E-state index >= 15 is 0 Å². The summed E-state index contributed by atoms with van der Waals surface area (Å²) in [5.41, 5.74) is 2.67. The van der Waals surface area contributed by atoms with Crippen molar-refractivity contribution >= 4 is 12.0 Å². The van der Waals surface area contributed by atoms with Crippen molar-refractivity contribution in [1.82, 2.24) is 0 Å². The van der Waals surface area contributed by atoms with E-state index in [2.05, 4.69) is 17.4 Å². The first-order valence-electron chi connectivity index (χ1n) is 12.7. The maximum Gasteiger partial charge on any atom is 0.416 e. The quantitative estimate of drug-likeness (QED) is 0.218. The number of hydrogen-bond donors (Lipinski definition) is 1. The number of hydrogen-bond acceptors (Lipinski definition) is 4. The van der Waals surface area contributed by atoms with E-state index in [-0.39, 0.29) is 0 Å². The standard InChI is InChI=1S/C22H20O3.C8H8F3N.C2H6/c23-16-20-13-21(24-12-11-18-7-3-1-4-8-18)15-22(14-20)25-17-19-9-5-2-6-10-19;1-12-7-4-2-3-6(5-7)8(9,10)11;1-2/h1-10,13-16H,11-12,17H2;2-5,12H,1H3;1-2H3. The van der Waals surface area contributed by atoms with Crippen molar-refractivity contribution in [1.29, 1.82) is 0 Å². The lowest BCUT2D eigenvalue weighted by molar-refractivity contribution is -0.137. The fraction of sp³-hybridized carbons (Fsp3) is 0.219. The van der Waals surface area contributed by atoms with E-state index in [1.807, 2.05) is 68.4 Å². The normalized spacial score (nSPS) is 10.2. The van der Waals surface area contributed by atoms with Crippen LogP contribution in [0.3, 0.4) is 0 Å². The highest BCUT2D eigenvalue weighted by atomic mass is 19.4. The van der Waals surface area contributed by atoms with Crippen molar-refractivity contribution in [3.05, 3.63) is 125 Å². The zero-order chi connectivity index (χ0) is 28.5. The summed E-state index contributed by atoms with van der Waals surface area (Å²) < 4.78 is 47.8. The Kier molecular flexibility index (Phi) is 13.1. The van der Waals surface area contributed by atoms with Gasteiger partial charge in [0.15, 0.2) is 0 Å². The van der Waals surface area contributed by atoms with E-state index < -0.39 is 11.7 Å². The first-order chi connectivity index (χ1) is 18.9. The summed E-state index contributed by atoms with van der Waals surface area (Å²) in [7, 11) is 1.58. The number of halogens is 3. The number of alkyl halides is 3. The number of aldehydes is 1. The van der Waals surface area contributed by atoms with Crippen LogP contribution in [0.2, 0.25) is 0 Å². The Morgan fingerprint density at radius 3 is 1.90 bits per heavy atom. The van der Waals surface area contributed by atoms with Crippen LogP contribution in [0.25, 0.3) is 0 Å². The van der Waals surface area contributed by atoms with E-state index in [9.17, 15) is 18.0 Å². The van der Waals surface area contributed by atoms with E-state index in [0.29, 0.717) is 36.0 Å². The van der Waals surface area contributed by atoms with Crippen LogP contribution in [-0.2, 0) is 19.2 Å². The molecule has 0 bridgehead atoms. The summed E-state index contributed by atoms with van der Waals surface area (Å²) >= 11 is 0. The lowest BCUT2D eigenvalue weighted by Crippen LogP contribution is -2.04. The smallest absolute Gasteiger partial charge is 0.416 e. The maximum absolute atomic E-state index is 12.1. The molecule has 0 spiro atoms. The van der Waals surface area contributed by atoms with Crippen LogP contribution >= 0.6 is 0 Å². The Bertz CT molecular complexity index is 1250. The average molecular weight is 538 g/mol. The minimum Gasteiger partial charge on any atom is -0.493 e. The third-order valence-corrected chi connectivity index (χ3v) is 5.27. The predicted molar refractivity (Wildman–Crippen MR) is 151 cm³/mol. The van der Waals surface area contributed by atoms with Gasteiger partial charge in [0, 0.05) is 30.8 Å². The molecule has 0 aromatic heterocycles. The van der Waals surface area contributed by atoms with Gasteiger partial charge in [0.2, 0.25) is 0 Å². The number of rotatable bonds is 9. The van der Waals surface area contributed by atoms with Crippen molar-refractivity contribution in [3.63, 3.8) is 0 Å². The molecule has 39 heavy (non-hydrogen) atoms. The van der Waals surface area contributed by atoms with Crippen LogP contribution in [0, 0.1) is 0 Å². The van der Waals surface area contributed by atoms with Crippen LogP contribution in [-0.4, -0.2) is 19.9 Å². The van der Waals surface area contributed by atoms with Gasteiger partial charge < -0.3 is 14.8 Å². The average Bonchev–Trinajstić information content (AvgIpc) is 2.98. The molecular weight excluding hydrogens is 503 g/mol. The fourth-order valence-corrected chi connectivity index (χ4v) is 3.35. The van der Waals surface area contributed by atoms with Gasteiger partial charge in [-0.3, -0.25) is 4.79 Å². The highest BCUT2D eigenvalue weighted by Crippen LogP contribution is 2.30. The minimum absolute atomic E-state index is 0.451. The van der Waals surface area contributed by atoms with Gasteiger partial charge in [-0.15, -0.1) is 0 Å². The maximum atomic E-state index is 12.1. The first kappa shape index (κ1) is 31.0. The Morgan fingerprint density at radius 1 is 0.744 bits per heavy atom. The lowest BCUT2D eigenvalue weighted by Gasteiger charge is -2.11. The molecule has 4 aromatic carbocycles. The second kappa shape index (κ2) is 16.6. The third kappa shape index (κ3) is 11.3. The lowest BCUT2D eigenvalue weighted by atomic mass is 10.2. The minimum atomic E-state index is -4.26. The summed E-state index contributed by atoms with van der Waals surface area (Å²) in [5.74, 6) is 1.27. The number of ether oxygens (including phenoxy) is 2. The van der Waals surface area contributed by atoms with Crippen molar-refractivity contribution in [2.75, 3.05) is 19.0 Å². The molecule has 0 saturated carbocycles. The summed E-state index contributed by atoms with van der Waals surface area (Å²) in [6.45, 7) is 5.00. The van der Waals surface area contributed by atoms with Crippen LogP contribution in [0.4, 0.5) is 18.9 Å². The van der Waals surface area contributed by atoms with Gasteiger partial charge in [0.1, 0.15) is 24.4 Å². The molecule has 1 N–H and O–H groups in total. The van der Waals surface area contributed by atoms with Crippen LogP contribution in [0.1, 0.15) is 40.9 Å². The van der Waals surface area contributed by atoms with Crippen molar-refractivity contribution in [2.45, 2.75) is 33.1 Å². The molecule has 0 unspecified atom stereocenters. The van der Waals surface area contributed by atoms with E-state index in [1.54, 1.807) is 25.2 Å². The molecule has 4 rings (SSSR count). The molecule has 4 nitrogen and oxygen atoms in total.